The molecule has 0 amide bonds. The van der Waals surface area contributed by atoms with Crippen LogP contribution in [0.1, 0.15) is 0 Å². The second-order valence-corrected chi connectivity index (χ2v) is 1.80. The van der Waals surface area contributed by atoms with E-state index in [1.807, 2.05) is 0 Å². The molecule has 0 saturated heterocycles. The largest absolute Gasteiger partial charge is 0.361 e. The SMILES string of the molecule is O=c1[nH]nnn1CC=CCl. The minimum atomic E-state index is -0.338. The Balaban J connectivity index is 2.75. The number of aromatic amines is 1. The highest BCUT2D eigenvalue weighted by Crippen LogP contribution is 1.79. The Bertz CT molecular complexity index is 275. The number of hydrogen-bond donors (Lipinski definition) is 1. The minimum Gasteiger partial charge on any atom is -0.245 e. The molecule has 1 rings (SSSR count). The second kappa shape index (κ2) is 3.17. The Morgan fingerprint density at radius 3 is 3.10 bits per heavy atom. The van der Waals surface area contributed by atoms with Crippen molar-refractivity contribution in [1.29, 1.82) is 0 Å². The lowest BCUT2D eigenvalue weighted by Crippen LogP contribution is -2.16. The van der Waals surface area contributed by atoms with Crippen molar-refractivity contribution in [2.24, 2.45) is 0 Å². The van der Waals surface area contributed by atoms with Gasteiger partial charge in [-0.3, -0.25) is 0 Å². The lowest BCUT2D eigenvalue weighted by molar-refractivity contribution is 0.644. The monoisotopic (exact) mass is 160 g/mol. The number of halogens is 1. The van der Waals surface area contributed by atoms with E-state index in [-0.39, 0.29) is 5.69 Å². The van der Waals surface area contributed by atoms with Gasteiger partial charge >= 0.3 is 5.69 Å². The molecular formula is C4H5ClN4O. The van der Waals surface area contributed by atoms with Crippen LogP contribution in [0.4, 0.5) is 0 Å². The van der Waals surface area contributed by atoms with Crippen molar-refractivity contribution in [1.82, 2.24) is 20.2 Å². The fourth-order valence-electron chi connectivity index (χ4n) is 0.477. The van der Waals surface area contributed by atoms with Gasteiger partial charge in [0.1, 0.15) is 0 Å². The summed E-state index contributed by atoms with van der Waals surface area (Å²) in [5.74, 6) is 0. The third-order valence-electron chi connectivity index (χ3n) is 0.900. The first kappa shape index (κ1) is 7.01. The van der Waals surface area contributed by atoms with Crippen LogP contribution in [0, 0.1) is 0 Å². The number of tetrazole rings is 1. The molecule has 10 heavy (non-hydrogen) atoms. The highest BCUT2D eigenvalue weighted by Gasteiger charge is 1.92. The average Bonchev–Trinajstić information content (AvgIpc) is 2.31. The molecule has 0 spiro atoms. The summed E-state index contributed by atoms with van der Waals surface area (Å²) in [7, 11) is 0. The van der Waals surface area contributed by atoms with Crippen LogP contribution in [0.5, 0.6) is 0 Å². The van der Waals surface area contributed by atoms with Crippen LogP contribution in [0.2, 0.25) is 0 Å². The second-order valence-electron chi connectivity index (χ2n) is 1.55. The molecule has 0 atom stereocenters. The van der Waals surface area contributed by atoms with Gasteiger partial charge in [-0.1, -0.05) is 17.7 Å². The molecule has 0 bridgehead atoms. The first-order chi connectivity index (χ1) is 4.84. The summed E-state index contributed by atoms with van der Waals surface area (Å²) in [6.07, 6.45) is 1.59. The van der Waals surface area contributed by atoms with Crippen LogP contribution >= 0.6 is 11.6 Å². The zero-order chi connectivity index (χ0) is 7.40. The molecule has 0 aliphatic heterocycles. The van der Waals surface area contributed by atoms with E-state index >= 15 is 0 Å². The molecule has 0 saturated carbocycles. The topological polar surface area (TPSA) is 63.6 Å². The molecule has 1 heterocycles. The van der Waals surface area contributed by atoms with E-state index < -0.39 is 0 Å². The Kier molecular flexibility index (Phi) is 2.22. The van der Waals surface area contributed by atoms with Gasteiger partial charge < -0.3 is 0 Å². The number of H-pyrrole nitrogens is 1. The van der Waals surface area contributed by atoms with Crippen LogP contribution in [-0.4, -0.2) is 20.2 Å². The zero-order valence-corrected chi connectivity index (χ0v) is 5.75. The van der Waals surface area contributed by atoms with Crippen molar-refractivity contribution >= 4 is 11.6 Å². The van der Waals surface area contributed by atoms with E-state index in [2.05, 4.69) is 15.5 Å². The van der Waals surface area contributed by atoms with Crippen LogP contribution in [0.25, 0.3) is 0 Å². The fraction of sp³-hybridized carbons (Fsp3) is 0.250. The third kappa shape index (κ3) is 1.44. The predicted octanol–water partition coefficient (Wildman–Crippen LogP) is -0.281. The number of allylic oxidation sites excluding steroid dienone is 1. The minimum absolute atomic E-state index is 0.338. The molecule has 1 aromatic heterocycles. The summed E-state index contributed by atoms with van der Waals surface area (Å²) in [5.41, 5.74) is 0.982. The van der Waals surface area contributed by atoms with Crippen molar-refractivity contribution in [3.8, 4) is 0 Å². The number of hydrogen-bond acceptors (Lipinski definition) is 3. The Hall–Kier alpha value is -1.10. The molecule has 0 aliphatic carbocycles. The van der Waals surface area contributed by atoms with Gasteiger partial charge in [0.25, 0.3) is 0 Å². The highest BCUT2D eigenvalue weighted by molar-refractivity contribution is 6.25. The third-order valence-corrected chi connectivity index (χ3v) is 1.08. The van der Waals surface area contributed by atoms with Crippen molar-refractivity contribution in [3.05, 3.63) is 22.1 Å². The molecule has 6 heteroatoms. The van der Waals surface area contributed by atoms with Crippen molar-refractivity contribution < 1.29 is 0 Å². The molecule has 1 N–H and O–H groups in total. The fourth-order valence-corrected chi connectivity index (χ4v) is 0.556. The van der Waals surface area contributed by atoms with Crippen LogP contribution in [-0.2, 0) is 6.54 Å². The van der Waals surface area contributed by atoms with E-state index in [0.717, 1.165) is 4.68 Å². The van der Waals surface area contributed by atoms with Gasteiger partial charge in [0.15, 0.2) is 0 Å². The van der Waals surface area contributed by atoms with Gasteiger partial charge in [0.05, 0.1) is 6.54 Å². The molecule has 0 aromatic carbocycles. The zero-order valence-electron chi connectivity index (χ0n) is 4.99. The Morgan fingerprint density at radius 1 is 1.80 bits per heavy atom. The summed E-state index contributed by atoms with van der Waals surface area (Å²) in [4.78, 5) is 10.6. The maximum Gasteiger partial charge on any atom is 0.361 e. The standard InChI is InChI=1S/C4H5ClN4O/c5-2-1-3-9-4(10)6-7-8-9/h1-2H,3H2,(H,6,8,10). The van der Waals surface area contributed by atoms with Gasteiger partial charge in [-0.15, -0.1) is 0 Å². The van der Waals surface area contributed by atoms with Crippen LogP contribution < -0.4 is 5.69 Å². The summed E-state index contributed by atoms with van der Waals surface area (Å²) < 4.78 is 1.15. The number of aromatic nitrogens is 4. The average molecular weight is 161 g/mol. The van der Waals surface area contributed by atoms with E-state index in [1.165, 1.54) is 5.54 Å². The molecule has 0 radical (unpaired) electrons. The normalized spacial score (nSPS) is 10.9. The number of nitrogens with zero attached hydrogens (tertiary/aromatic N) is 3. The van der Waals surface area contributed by atoms with Crippen LogP contribution in [0.3, 0.4) is 0 Å². The summed E-state index contributed by atoms with van der Waals surface area (Å²) in [6, 6.07) is 0. The van der Waals surface area contributed by atoms with Crippen molar-refractivity contribution in [2.75, 3.05) is 0 Å². The molecule has 0 aliphatic rings. The lowest BCUT2D eigenvalue weighted by atomic mass is 10.6. The quantitative estimate of drug-likeness (QED) is 0.647. The molecule has 0 fully saturated rings. The van der Waals surface area contributed by atoms with Gasteiger partial charge in [-0.05, 0) is 10.4 Å². The molecule has 0 unspecified atom stereocenters. The maximum absolute atomic E-state index is 10.6. The Labute approximate surface area is 61.3 Å². The number of nitrogens with one attached hydrogen (secondary N) is 1. The Morgan fingerprint density at radius 2 is 2.60 bits per heavy atom. The van der Waals surface area contributed by atoms with Gasteiger partial charge in [0.2, 0.25) is 0 Å². The summed E-state index contributed by atoms with van der Waals surface area (Å²) in [6.45, 7) is 0.346. The highest BCUT2D eigenvalue weighted by atomic mass is 35.5. The lowest BCUT2D eigenvalue weighted by Gasteiger charge is -1.85. The molecular weight excluding hydrogens is 156 g/mol. The van der Waals surface area contributed by atoms with E-state index in [0.29, 0.717) is 6.54 Å². The van der Waals surface area contributed by atoms with Crippen LogP contribution in [0.15, 0.2) is 16.4 Å². The molecule has 5 nitrogen and oxygen atoms in total. The van der Waals surface area contributed by atoms with Gasteiger partial charge in [0, 0.05) is 5.54 Å². The number of rotatable bonds is 2. The van der Waals surface area contributed by atoms with Crippen molar-refractivity contribution in [2.45, 2.75) is 6.54 Å². The first-order valence-electron chi connectivity index (χ1n) is 2.58. The summed E-state index contributed by atoms with van der Waals surface area (Å²) >= 11 is 5.22. The van der Waals surface area contributed by atoms with Gasteiger partial charge in [-0.2, -0.15) is 4.68 Å². The molecule has 1 aromatic rings. The molecule has 54 valence electrons. The van der Waals surface area contributed by atoms with E-state index in [9.17, 15) is 4.79 Å². The van der Waals surface area contributed by atoms with Gasteiger partial charge in [-0.25, -0.2) is 9.89 Å². The smallest absolute Gasteiger partial charge is 0.245 e. The van der Waals surface area contributed by atoms with E-state index in [1.54, 1.807) is 6.08 Å². The maximum atomic E-state index is 10.6. The van der Waals surface area contributed by atoms with Crippen molar-refractivity contribution in [3.63, 3.8) is 0 Å². The van der Waals surface area contributed by atoms with E-state index in [4.69, 9.17) is 11.6 Å². The summed E-state index contributed by atoms with van der Waals surface area (Å²) in [5, 5.41) is 8.86. The first-order valence-corrected chi connectivity index (χ1v) is 3.01. The predicted molar refractivity (Wildman–Crippen MR) is 35.6 cm³/mol.